The van der Waals surface area contributed by atoms with Gasteiger partial charge in [-0.15, -0.1) is 0 Å². The van der Waals surface area contributed by atoms with Crippen LogP contribution in [0, 0.1) is 5.92 Å². The van der Waals surface area contributed by atoms with Crippen molar-refractivity contribution in [3.8, 4) is 5.75 Å². The molecule has 1 rings (SSSR count). The fourth-order valence-electron chi connectivity index (χ4n) is 2.28. The van der Waals surface area contributed by atoms with E-state index in [-0.39, 0.29) is 24.5 Å². The summed E-state index contributed by atoms with van der Waals surface area (Å²) in [5.41, 5.74) is 0.546. The second kappa shape index (κ2) is 8.67. The summed E-state index contributed by atoms with van der Waals surface area (Å²) in [6.07, 6.45) is 1.38. The Morgan fingerprint density at radius 1 is 1.29 bits per heavy atom. The third kappa shape index (κ3) is 5.76. The molecule has 0 heterocycles. The molecule has 0 aliphatic carbocycles. The first-order valence-corrected chi connectivity index (χ1v) is 7.70. The van der Waals surface area contributed by atoms with E-state index in [0.29, 0.717) is 11.3 Å². The maximum absolute atomic E-state index is 12.1. The minimum Gasteiger partial charge on any atom is -0.491 e. The van der Waals surface area contributed by atoms with Crippen molar-refractivity contribution in [1.29, 1.82) is 0 Å². The van der Waals surface area contributed by atoms with E-state index in [2.05, 4.69) is 5.32 Å². The van der Waals surface area contributed by atoms with E-state index in [4.69, 9.17) is 4.74 Å². The molecule has 1 atom stereocenters. The highest BCUT2D eigenvalue weighted by molar-refractivity contribution is 5.94. The van der Waals surface area contributed by atoms with Gasteiger partial charge in [-0.2, -0.15) is 0 Å². The number of benzene rings is 1. The minimum atomic E-state index is -0.501. The van der Waals surface area contributed by atoms with E-state index in [1.54, 1.807) is 18.2 Å². The van der Waals surface area contributed by atoms with Gasteiger partial charge in [-0.25, -0.2) is 0 Å². The van der Waals surface area contributed by atoms with Crippen LogP contribution >= 0.6 is 0 Å². The second-order valence-electron chi connectivity index (χ2n) is 5.55. The number of carbonyl (C=O) groups is 1. The Bertz CT molecular complexity index is 441. The summed E-state index contributed by atoms with van der Waals surface area (Å²) >= 11 is 0. The Morgan fingerprint density at radius 2 is 1.95 bits per heavy atom. The number of ether oxygens (including phenoxy) is 1. The molecule has 0 radical (unpaired) electrons. The van der Waals surface area contributed by atoms with E-state index in [1.807, 2.05) is 33.8 Å². The molecule has 0 spiro atoms. The van der Waals surface area contributed by atoms with Gasteiger partial charge in [0.1, 0.15) is 5.75 Å². The lowest BCUT2D eigenvalue weighted by Gasteiger charge is -2.20. The molecular weight excluding hydrogens is 266 g/mol. The molecule has 0 aromatic heterocycles. The smallest absolute Gasteiger partial charge is 0.251 e. The van der Waals surface area contributed by atoms with Crippen molar-refractivity contribution >= 4 is 5.91 Å². The molecule has 1 aromatic rings. The predicted octanol–water partition coefficient (Wildman–Crippen LogP) is 3.00. The van der Waals surface area contributed by atoms with E-state index in [0.717, 1.165) is 12.8 Å². The van der Waals surface area contributed by atoms with Crippen molar-refractivity contribution in [1.82, 2.24) is 5.32 Å². The number of nitrogens with one attached hydrogen (secondary N) is 1. The Kier molecular flexibility index (Phi) is 7.23. The molecule has 0 aliphatic heterocycles. The molecule has 4 heteroatoms. The van der Waals surface area contributed by atoms with Gasteiger partial charge in [-0.1, -0.05) is 32.8 Å². The number of carbonyl (C=O) groups excluding carboxylic acids is 1. The molecule has 0 saturated heterocycles. The topological polar surface area (TPSA) is 58.6 Å². The molecule has 0 aliphatic rings. The van der Waals surface area contributed by atoms with Gasteiger partial charge in [0.25, 0.3) is 5.91 Å². The zero-order chi connectivity index (χ0) is 15.8. The highest BCUT2D eigenvalue weighted by atomic mass is 16.5. The van der Waals surface area contributed by atoms with Gasteiger partial charge in [0.15, 0.2) is 0 Å². The van der Waals surface area contributed by atoms with Crippen molar-refractivity contribution < 1.29 is 14.6 Å². The molecular formula is C17H27NO3. The second-order valence-corrected chi connectivity index (χ2v) is 5.55. The fourth-order valence-corrected chi connectivity index (χ4v) is 2.28. The Morgan fingerprint density at radius 3 is 2.52 bits per heavy atom. The Balaban J connectivity index is 2.59. The monoisotopic (exact) mass is 293 g/mol. The zero-order valence-corrected chi connectivity index (χ0v) is 13.4. The number of hydrogen-bond acceptors (Lipinski definition) is 3. The van der Waals surface area contributed by atoms with Crippen LogP contribution in [-0.4, -0.2) is 29.8 Å². The number of rotatable bonds is 8. The van der Waals surface area contributed by atoms with Gasteiger partial charge in [0, 0.05) is 12.1 Å². The average molecular weight is 293 g/mol. The van der Waals surface area contributed by atoms with Gasteiger partial charge in [-0.3, -0.25) is 4.79 Å². The highest BCUT2D eigenvalue weighted by Crippen LogP contribution is 2.15. The molecule has 1 aromatic carbocycles. The summed E-state index contributed by atoms with van der Waals surface area (Å²) in [5, 5.41) is 12.8. The summed E-state index contributed by atoms with van der Waals surface area (Å²) in [6, 6.07) is 7.09. The van der Waals surface area contributed by atoms with Crippen molar-refractivity contribution in [3.05, 3.63) is 29.8 Å². The van der Waals surface area contributed by atoms with Crippen LogP contribution in [0.25, 0.3) is 0 Å². The third-order valence-corrected chi connectivity index (χ3v) is 3.53. The number of amides is 1. The fraction of sp³-hybridized carbons (Fsp3) is 0.588. The first-order valence-electron chi connectivity index (χ1n) is 7.70. The van der Waals surface area contributed by atoms with Gasteiger partial charge in [0.2, 0.25) is 0 Å². The number of aliphatic hydroxyl groups is 1. The van der Waals surface area contributed by atoms with Gasteiger partial charge in [-0.05, 0) is 38.0 Å². The van der Waals surface area contributed by atoms with Crippen LogP contribution < -0.4 is 10.1 Å². The lowest BCUT2D eigenvalue weighted by Crippen LogP contribution is -2.36. The van der Waals surface area contributed by atoms with Crippen molar-refractivity contribution in [2.75, 3.05) is 6.54 Å². The van der Waals surface area contributed by atoms with Crippen LogP contribution in [0.4, 0.5) is 0 Å². The SMILES string of the molecule is CCC(CC)C(O)CNC(=O)c1cccc(OC(C)C)c1. The molecule has 0 bridgehead atoms. The van der Waals surface area contributed by atoms with E-state index >= 15 is 0 Å². The summed E-state index contributed by atoms with van der Waals surface area (Å²) in [6.45, 7) is 8.26. The van der Waals surface area contributed by atoms with Crippen LogP contribution in [0.1, 0.15) is 50.9 Å². The van der Waals surface area contributed by atoms with Gasteiger partial charge < -0.3 is 15.2 Å². The standard InChI is InChI=1S/C17H27NO3/c1-5-13(6-2)16(19)11-18-17(20)14-8-7-9-15(10-14)21-12(3)4/h7-10,12-13,16,19H,5-6,11H2,1-4H3,(H,18,20). The molecule has 4 nitrogen and oxygen atoms in total. The summed E-state index contributed by atoms with van der Waals surface area (Å²) in [4.78, 5) is 12.1. The van der Waals surface area contributed by atoms with Gasteiger partial charge in [0.05, 0.1) is 12.2 Å². The van der Waals surface area contributed by atoms with Crippen LogP contribution in [0.3, 0.4) is 0 Å². The van der Waals surface area contributed by atoms with E-state index in [9.17, 15) is 9.90 Å². The molecule has 0 fully saturated rings. The number of aliphatic hydroxyl groups excluding tert-OH is 1. The first-order chi connectivity index (χ1) is 9.97. The Labute approximate surface area is 127 Å². The van der Waals surface area contributed by atoms with Crippen LogP contribution in [0.2, 0.25) is 0 Å². The van der Waals surface area contributed by atoms with Crippen LogP contribution in [-0.2, 0) is 0 Å². The molecule has 21 heavy (non-hydrogen) atoms. The van der Waals surface area contributed by atoms with Crippen molar-refractivity contribution in [3.63, 3.8) is 0 Å². The normalized spacial score (nSPS) is 12.5. The average Bonchev–Trinajstić information content (AvgIpc) is 2.45. The molecule has 1 unspecified atom stereocenters. The maximum atomic E-state index is 12.1. The molecule has 118 valence electrons. The van der Waals surface area contributed by atoms with Crippen molar-refractivity contribution in [2.24, 2.45) is 5.92 Å². The quantitative estimate of drug-likeness (QED) is 0.774. The van der Waals surface area contributed by atoms with Gasteiger partial charge >= 0.3 is 0 Å². The first kappa shape index (κ1) is 17.5. The molecule has 2 N–H and O–H groups in total. The largest absolute Gasteiger partial charge is 0.491 e. The third-order valence-electron chi connectivity index (χ3n) is 3.53. The zero-order valence-electron chi connectivity index (χ0n) is 13.4. The van der Waals surface area contributed by atoms with Crippen LogP contribution in [0.15, 0.2) is 24.3 Å². The summed E-state index contributed by atoms with van der Waals surface area (Å²) in [7, 11) is 0. The molecule has 0 saturated carbocycles. The predicted molar refractivity (Wildman–Crippen MR) is 84.6 cm³/mol. The number of hydrogen-bond donors (Lipinski definition) is 2. The summed E-state index contributed by atoms with van der Waals surface area (Å²) < 4.78 is 5.57. The van der Waals surface area contributed by atoms with E-state index < -0.39 is 6.10 Å². The molecule has 1 amide bonds. The van der Waals surface area contributed by atoms with Crippen molar-refractivity contribution in [2.45, 2.75) is 52.7 Å². The van der Waals surface area contributed by atoms with E-state index in [1.165, 1.54) is 0 Å². The Hall–Kier alpha value is -1.55. The summed E-state index contributed by atoms with van der Waals surface area (Å²) in [5.74, 6) is 0.716. The maximum Gasteiger partial charge on any atom is 0.251 e. The highest BCUT2D eigenvalue weighted by Gasteiger charge is 2.16. The lowest BCUT2D eigenvalue weighted by atomic mass is 9.96. The van der Waals surface area contributed by atoms with Crippen LogP contribution in [0.5, 0.6) is 5.75 Å². The minimum absolute atomic E-state index is 0.0694. The lowest BCUT2D eigenvalue weighted by molar-refractivity contribution is 0.0816.